The second-order valence-electron chi connectivity index (χ2n) is 9.37. The van der Waals surface area contributed by atoms with E-state index in [0.29, 0.717) is 16.8 Å². The number of benzene rings is 3. The van der Waals surface area contributed by atoms with Gasteiger partial charge in [-0.1, -0.05) is 35.9 Å². The first kappa shape index (κ1) is 30.4. The molecule has 220 valence electrons. The number of anilines is 2. The van der Waals surface area contributed by atoms with Crippen LogP contribution in [0, 0.1) is 17.0 Å². The standard InChI is InChI=1S/C30H23F3N4O6/c1-18-5-11-23(24(16-18)19-6-8-20(9-7-19)30(31,32)33)27(38)35-22-10-12-25(26(17-22)37(42)43)36(28(39)29(40)41)15-13-21-4-2-3-14-34-21/h2-12,14,16-17H,13,15H2,1H3,(H,35,38)(H,40,41). The molecule has 0 saturated heterocycles. The first-order chi connectivity index (χ1) is 20.3. The third-order valence-electron chi connectivity index (χ3n) is 6.41. The molecule has 0 radical (unpaired) electrons. The fourth-order valence-corrected chi connectivity index (χ4v) is 4.33. The summed E-state index contributed by atoms with van der Waals surface area (Å²) in [6.45, 7) is 1.52. The largest absolute Gasteiger partial charge is 0.474 e. The molecule has 0 unspecified atom stereocenters. The van der Waals surface area contributed by atoms with Crippen molar-refractivity contribution < 1.29 is 37.6 Å². The van der Waals surface area contributed by atoms with Crippen molar-refractivity contribution in [2.45, 2.75) is 19.5 Å². The highest BCUT2D eigenvalue weighted by atomic mass is 19.4. The van der Waals surface area contributed by atoms with E-state index in [1.165, 1.54) is 30.5 Å². The van der Waals surface area contributed by atoms with Crippen molar-refractivity contribution in [2.24, 2.45) is 0 Å². The van der Waals surface area contributed by atoms with Crippen molar-refractivity contribution in [1.29, 1.82) is 0 Å². The molecule has 1 heterocycles. The maximum Gasteiger partial charge on any atom is 0.416 e. The molecular formula is C30H23F3N4O6. The Bertz CT molecular complexity index is 1690. The zero-order valence-corrected chi connectivity index (χ0v) is 22.5. The molecule has 2 N–H and O–H groups in total. The number of halogens is 3. The van der Waals surface area contributed by atoms with Crippen LogP contribution in [-0.4, -0.2) is 39.3 Å². The molecule has 2 amide bonds. The molecule has 43 heavy (non-hydrogen) atoms. The van der Waals surface area contributed by atoms with Crippen LogP contribution >= 0.6 is 0 Å². The van der Waals surface area contributed by atoms with Crippen LogP contribution in [0.2, 0.25) is 0 Å². The molecule has 4 rings (SSSR count). The van der Waals surface area contributed by atoms with Gasteiger partial charge in [0.05, 0.1) is 10.5 Å². The number of nitro groups is 1. The summed E-state index contributed by atoms with van der Waals surface area (Å²) in [7, 11) is 0. The zero-order chi connectivity index (χ0) is 31.3. The molecule has 0 fully saturated rings. The number of rotatable bonds is 8. The molecule has 13 heteroatoms. The van der Waals surface area contributed by atoms with E-state index in [1.54, 1.807) is 37.3 Å². The molecule has 1 aromatic heterocycles. The summed E-state index contributed by atoms with van der Waals surface area (Å²) in [5.74, 6) is -3.91. The number of nitrogens with zero attached hydrogens (tertiary/aromatic N) is 3. The third kappa shape index (κ3) is 7.19. The molecule has 0 bridgehead atoms. The van der Waals surface area contributed by atoms with Crippen molar-refractivity contribution in [2.75, 3.05) is 16.8 Å². The minimum atomic E-state index is -4.53. The van der Waals surface area contributed by atoms with Crippen LogP contribution in [0.1, 0.15) is 27.2 Å². The van der Waals surface area contributed by atoms with Crippen LogP contribution in [0.25, 0.3) is 11.1 Å². The average Bonchev–Trinajstić information content (AvgIpc) is 2.97. The highest BCUT2D eigenvalue weighted by molar-refractivity contribution is 6.37. The van der Waals surface area contributed by atoms with Gasteiger partial charge >= 0.3 is 18.1 Å². The maximum absolute atomic E-state index is 13.3. The maximum atomic E-state index is 13.3. The van der Waals surface area contributed by atoms with Crippen LogP contribution < -0.4 is 10.2 Å². The van der Waals surface area contributed by atoms with E-state index >= 15 is 0 Å². The summed E-state index contributed by atoms with van der Waals surface area (Å²) in [5.41, 5.74) is 0.218. The van der Waals surface area contributed by atoms with Crippen LogP contribution in [0.3, 0.4) is 0 Å². The molecule has 0 atom stereocenters. The smallest absolute Gasteiger partial charge is 0.416 e. The summed E-state index contributed by atoms with van der Waals surface area (Å²) in [4.78, 5) is 53.4. The van der Waals surface area contributed by atoms with E-state index in [0.717, 1.165) is 34.7 Å². The van der Waals surface area contributed by atoms with Gasteiger partial charge in [-0.15, -0.1) is 0 Å². The van der Waals surface area contributed by atoms with Crippen LogP contribution in [0.15, 0.2) is 85.1 Å². The number of carboxylic acid groups (broad SMARTS) is 1. The van der Waals surface area contributed by atoms with Gasteiger partial charge in [-0.25, -0.2) is 4.79 Å². The van der Waals surface area contributed by atoms with Crippen LogP contribution in [0.5, 0.6) is 0 Å². The number of pyridine rings is 1. The van der Waals surface area contributed by atoms with Crippen molar-refractivity contribution >= 4 is 34.8 Å². The molecule has 3 aromatic carbocycles. The van der Waals surface area contributed by atoms with Gasteiger partial charge in [-0.05, 0) is 60.5 Å². The molecule has 10 nitrogen and oxygen atoms in total. The monoisotopic (exact) mass is 592 g/mol. The van der Waals surface area contributed by atoms with Crippen molar-refractivity contribution in [3.8, 4) is 11.1 Å². The van der Waals surface area contributed by atoms with Gasteiger partial charge in [-0.3, -0.25) is 29.6 Å². The van der Waals surface area contributed by atoms with E-state index in [9.17, 15) is 42.8 Å². The van der Waals surface area contributed by atoms with Crippen LogP contribution in [0.4, 0.5) is 30.2 Å². The number of carbonyl (C=O) groups excluding carboxylic acids is 2. The van der Waals surface area contributed by atoms with Gasteiger partial charge in [-0.2, -0.15) is 13.2 Å². The number of hydrogen-bond acceptors (Lipinski definition) is 6. The molecular weight excluding hydrogens is 569 g/mol. The second kappa shape index (κ2) is 12.5. The number of aromatic nitrogens is 1. The second-order valence-corrected chi connectivity index (χ2v) is 9.37. The van der Waals surface area contributed by atoms with Gasteiger partial charge < -0.3 is 10.4 Å². The van der Waals surface area contributed by atoms with Crippen molar-refractivity contribution in [3.05, 3.63) is 118 Å². The molecule has 0 saturated carbocycles. The Balaban J connectivity index is 1.65. The molecule has 0 aliphatic rings. The Hall–Kier alpha value is -5.59. The minimum absolute atomic E-state index is 0.0353. The number of hydrogen-bond donors (Lipinski definition) is 2. The Labute approximate surface area is 242 Å². The van der Waals surface area contributed by atoms with Gasteiger partial charge in [0.2, 0.25) is 0 Å². The summed E-state index contributed by atoms with van der Waals surface area (Å²) in [5, 5.41) is 23.9. The zero-order valence-electron chi connectivity index (χ0n) is 22.5. The number of aliphatic carboxylic acids is 1. The lowest BCUT2D eigenvalue weighted by Crippen LogP contribution is -2.38. The average molecular weight is 593 g/mol. The molecule has 0 aliphatic heterocycles. The fraction of sp³-hybridized carbons (Fsp3) is 0.133. The van der Waals surface area contributed by atoms with Gasteiger partial charge in [0.15, 0.2) is 0 Å². The Morgan fingerprint density at radius 1 is 1.00 bits per heavy atom. The van der Waals surface area contributed by atoms with E-state index < -0.39 is 40.1 Å². The van der Waals surface area contributed by atoms with E-state index in [-0.39, 0.29) is 29.9 Å². The predicted octanol–water partition coefficient (Wildman–Crippen LogP) is 5.90. The summed E-state index contributed by atoms with van der Waals surface area (Å²) >= 11 is 0. The highest BCUT2D eigenvalue weighted by Crippen LogP contribution is 2.34. The fourth-order valence-electron chi connectivity index (χ4n) is 4.33. The van der Waals surface area contributed by atoms with Gasteiger partial charge in [0, 0.05) is 42.2 Å². The number of carboxylic acids is 1. The first-order valence-electron chi connectivity index (χ1n) is 12.7. The number of alkyl halides is 3. The topological polar surface area (TPSA) is 143 Å². The van der Waals surface area contributed by atoms with E-state index in [1.807, 2.05) is 0 Å². The minimum Gasteiger partial charge on any atom is -0.474 e. The third-order valence-corrected chi connectivity index (χ3v) is 6.41. The van der Waals surface area contributed by atoms with Crippen LogP contribution in [-0.2, 0) is 22.2 Å². The Morgan fingerprint density at radius 3 is 2.33 bits per heavy atom. The molecule has 0 aliphatic carbocycles. The SMILES string of the molecule is Cc1ccc(C(=O)Nc2ccc(N(CCc3ccccn3)C(=O)C(=O)O)c([N+](=O)[O-])c2)c(-c2ccc(C(F)(F)F)cc2)c1. The summed E-state index contributed by atoms with van der Waals surface area (Å²) < 4.78 is 39.1. The number of nitro benzene ring substituents is 1. The van der Waals surface area contributed by atoms with E-state index in [2.05, 4.69) is 10.3 Å². The number of nitrogens with one attached hydrogen (secondary N) is 1. The first-order valence-corrected chi connectivity index (χ1v) is 12.7. The van der Waals surface area contributed by atoms with E-state index in [4.69, 9.17) is 0 Å². The number of carbonyl (C=O) groups is 3. The Kier molecular flexibility index (Phi) is 8.84. The lowest BCUT2D eigenvalue weighted by Gasteiger charge is -2.21. The highest BCUT2D eigenvalue weighted by Gasteiger charge is 2.31. The predicted molar refractivity (Wildman–Crippen MR) is 151 cm³/mol. The summed E-state index contributed by atoms with van der Waals surface area (Å²) in [6.07, 6.45) is -2.92. The number of amides is 2. The quantitative estimate of drug-likeness (QED) is 0.147. The van der Waals surface area contributed by atoms with Gasteiger partial charge in [0.1, 0.15) is 5.69 Å². The normalized spacial score (nSPS) is 11.1. The lowest BCUT2D eigenvalue weighted by atomic mass is 9.96. The van der Waals surface area contributed by atoms with Gasteiger partial charge in [0.25, 0.3) is 11.6 Å². The van der Waals surface area contributed by atoms with Crippen molar-refractivity contribution in [1.82, 2.24) is 4.98 Å². The molecule has 0 spiro atoms. The number of aryl methyl sites for hydroxylation is 1. The Morgan fingerprint density at radius 2 is 1.72 bits per heavy atom. The van der Waals surface area contributed by atoms with Crippen molar-refractivity contribution in [3.63, 3.8) is 0 Å². The molecule has 4 aromatic rings. The summed E-state index contributed by atoms with van der Waals surface area (Å²) in [6, 6.07) is 17.5. The lowest BCUT2D eigenvalue weighted by molar-refractivity contribution is -0.384.